The summed E-state index contributed by atoms with van der Waals surface area (Å²) in [7, 11) is 1.29. The van der Waals surface area contributed by atoms with E-state index in [1.807, 2.05) is 18.2 Å². The number of rotatable bonds is 13. The Morgan fingerprint density at radius 3 is 2.29 bits per heavy atom. The van der Waals surface area contributed by atoms with Gasteiger partial charge < -0.3 is 29.7 Å². The second-order valence-electron chi connectivity index (χ2n) is 10.3. The van der Waals surface area contributed by atoms with Gasteiger partial charge in [-0.25, -0.2) is 9.59 Å². The molecule has 0 saturated carbocycles. The molecule has 0 aliphatic rings. The number of amides is 1. The monoisotopic (exact) mass is 495 g/mol. The van der Waals surface area contributed by atoms with E-state index in [1.165, 1.54) is 14.0 Å². The number of aliphatic hydroxyl groups excluding tert-OH is 1. The van der Waals surface area contributed by atoms with Crippen molar-refractivity contribution >= 4 is 18.0 Å². The molecule has 4 atom stereocenters. The van der Waals surface area contributed by atoms with E-state index in [2.05, 4.69) is 23.9 Å². The number of carbonyl (C=O) groups is 3. The highest BCUT2D eigenvalue weighted by atomic mass is 16.6. The summed E-state index contributed by atoms with van der Waals surface area (Å²) in [6.07, 6.45) is -0.689. The van der Waals surface area contributed by atoms with Crippen LogP contribution in [0, 0.1) is 17.8 Å². The van der Waals surface area contributed by atoms with Crippen molar-refractivity contribution in [1.29, 1.82) is 0 Å². The number of nitrogens with one attached hydrogen (secondary N) is 1. The number of alkyl carbamates (subject to hydrolysis) is 1. The van der Waals surface area contributed by atoms with Gasteiger partial charge in [0.2, 0.25) is 0 Å². The molecule has 1 amide bonds. The quantitative estimate of drug-likeness (QED) is 0.352. The fourth-order valence-electron chi connectivity index (χ4n) is 3.58. The molecule has 9 nitrogen and oxygen atoms in total. The molecule has 0 bridgehead atoms. The Kier molecular flexibility index (Phi) is 12.0. The summed E-state index contributed by atoms with van der Waals surface area (Å²) in [5.74, 6) is -1.48. The Balaban J connectivity index is 3.03. The predicted octanol–water partition coefficient (Wildman–Crippen LogP) is 3.81. The zero-order valence-corrected chi connectivity index (χ0v) is 21.9. The van der Waals surface area contributed by atoms with E-state index in [-0.39, 0.29) is 24.9 Å². The van der Waals surface area contributed by atoms with Crippen LogP contribution in [0.5, 0.6) is 5.75 Å². The van der Waals surface area contributed by atoms with Gasteiger partial charge in [-0.2, -0.15) is 0 Å². The number of benzene rings is 1. The highest BCUT2D eigenvalue weighted by Gasteiger charge is 2.30. The predicted molar refractivity (Wildman–Crippen MR) is 131 cm³/mol. The van der Waals surface area contributed by atoms with Gasteiger partial charge in [-0.05, 0) is 69.6 Å². The van der Waals surface area contributed by atoms with Gasteiger partial charge in [0.05, 0.1) is 25.2 Å². The average molecular weight is 496 g/mol. The molecule has 0 aliphatic heterocycles. The van der Waals surface area contributed by atoms with E-state index < -0.39 is 41.7 Å². The van der Waals surface area contributed by atoms with Gasteiger partial charge in [-0.1, -0.05) is 32.9 Å². The number of carbonyl (C=O) groups excluding carboxylic acids is 2. The first-order valence-corrected chi connectivity index (χ1v) is 11.9. The third kappa shape index (κ3) is 11.9. The summed E-state index contributed by atoms with van der Waals surface area (Å²) in [6.45, 7) is 10.7. The molecule has 0 radical (unpaired) electrons. The SMILES string of the molecule is COC(=O)COc1cccc(C[C@@H](C[C@H](NC(=O)OC(C)(C)C)[C@@H](O)C[C@@H](C)C(=O)O)C(C)C)c1. The first-order chi connectivity index (χ1) is 16.2. The van der Waals surface area contributed by atoms with Gasteiger partial charge >= 0.3 is 18.0 Å². The second-order valence-corrected chi connectivity index (χ2v) is 10.3. The van der Waals surface area contributed by atoms with Crippen LogP contribution in [0.3, 0.4) is 0 Å². The summed E-state index contributed by atoms with van der Waals surface area (Å²) in [4.78, 5) is 35.2. The van der Waals surface area contributed by atoms with E-state index >= 15 is 0 Å². The van der Waals surface area contributed by atoms with Crippen molar-refractivity contribution in [1.82, 2.24) is 5.32 Å². The van der Waals surface area contributed by atoms with Crippen LogP contribution in [0.1, 0.15) is 59.9 Å². The van der Waals surface area contributed by atoms with Crippen LogP contribution in [0.15, 0.2) is 24.3 Å². The average Bonchev–Trinajstić information content (AvgIpc) is 2.75. The molecule has 0 unspecified atom stereocenters. The van der Waals surface area contributed by atoms with Gasteiger partial charge in [-0.15, -0.1) is 0 Å². The van der Waals surface area contributed by atoms with Gasteiger partial charge in [0, 0.05) is 0 Å². The second kappa shape index (κ2) is 13.9. The van der Waals surface area contributed by atoms with E-state index in [9.17, 15) is 24.6 Å². The third-order valence-corrected chi connectivity index (χ3v) is 5.66. The number of hydrogen-bond acceptors (Lipinski definition) is 7. The first-order valence-electron chi connectivity index (χ1n) is 11.9. The summed E-state index contributed by atoms with van der Waals surface area (Å²) in [5.41, 5.74) is 0.256. The molecule has 3 N–H and O–H groups in total. The third-order valence-electron chi connectivity index (χ3n) is 5.66. The molecule has 0 aliphatic carbocycles. The number of ether oxygens (including phenoxy) is 3. The van der Waals surface area contributed by atoms with Crippen molar-refractivity contribution in [2.24, 2.45) is 17.8 Å². The van der Waals surface area contributed by atoms with Gasteiger partial charge in [0.15, 0.2) is 6.61 Å². The first kappa shape index (κ1) is 30.2. The molecule has 0 saturated heterocycles. The summed E-state index contributed by atoms with van der Waals surface area (Å²) < 4.78 is 15.5. The molecule has 0 fully saturated rings. The fourth-order valence-corrected chi connectivity index (χ4v) is 3.58. The van der Waals surface area contributed by atoms with Crippen molar-refractivity contribution in [3.8, 4) is 5.75 Å². The van der Waals surface area contributed by atoms with Crippen LogP contribution in [0.4, 0.5) is 4.79 Å². The van der Waals surface area contributed by atoms with Gasteiger partial charge in [-0.3, -0.25) is 4.79 Å². The maximum absolute atomic E-state index is 12.5. The highest BCUT2D eigenvalue weighted by Crippen LogP contribution is 2.27. The zero-order valence-electron chi connectivity index (χ0n) is 21.9. The lowest BCUT2D eigenvalue weighted by atomic mass is 9.82. The molecule has 1 rings (SSSR count). The number of carboxylic acid groups (broad SMARTS) is 1. The topological polar surface area (TPSA) is 131 Å². The van der Waals surface area contributed by atoms with Crippen LogP contribution in [-0.4, -0.2) is 59.7 Å². The molecule has 198 valence electrons. The number of aliphatic carboxylic acids is 1. The molecule has 9 heteroatoms. The summed E-state index contributed by atoms with van der Waals surface area (Å²) >= 11 is 0. The van der Waals surface area contributed by atoms with Crippen LogP contribution < -0.4 is 10.1 Å². The summed E-state index contributed by atoms with van der Waals surface area (Å²) in [6, 6.07) is 6.68. The maximum Gasteiger partial charge on any atom is 0.407 e. The molecule has 35 heavy (non-hydrogen) atoms. The van der Waals surface area contributed by atoms with E-state index in [0.717, 1.165) is 5.56 Å². The van der Waals surface area contributed by atoms with Crippen molar-refractivity contribution < 1.29 is 38.8 Å². The lowest BCUT2D eigenvalue weighted by Crippen LogP contribution is -2.47. The molecule has 0 aromatic heterocycles. The van der Waals surface area contributed by atoms with Gasteiger partial charge in [0.1, 0.15) is 11.4 Å². The van der Waals surface area contributed by atoms with Crippen molar-refractivity contribution in [3.05, 3.63) is 29.8 Å². The lowest BCUT2D eigenvalue weighted by Gasteiger charge is -2.32. The molecule has 0 spiro atoms. The summed E-state index contributed by atoms with van der Waals surface area (Å²) in [5, 5.41) is 22.9. The Morgan fingerprint density at radius 1 is 1.09 bits per heavy atom. The normalized spacial score (nSPS) is 15.0. The van der Waals surface area contributed by atoms with Gasteiger partial charge in [0.25, 0.3) is 0 Å². The molecular weight excluding hydrogens is 454 g/mol. The van der Waals surface area contributed by atoms with Crippen molar-refractivity contribution in [2.75, 3.05) is 13.7 Å². The van der Waals surface area contributed by atoms with E-state index in [0.29, 0.717) is 18.6 Å². The minimum atomic E-state index is -1.07. The highest BCUT2D eigenvalue weighted by molar-refractivity contribution is 5.71. The Bertz CT molecular complexity index is 833. The van der Waals surface area contributed by atoms with Crippen LogP contribution >= 0.6 is 0 Å². The van der Waals surface area contributed by atoms with E-state index in [1.54, 1.807) is 26.8 Å². The number of esters is 1. The largest absolute Gasteiger partial charge is 0.482 e. The number of methoxy groups -OCH3 is 1. The Labute approximate surface area is 208 Å². The fraction of sp³-hybridized carbons (Fsp3) is 0.654. The smallest absolute Gasteiger partial charge is 0.407 e. The Morgan fingerprint density at radius 2 is 1.74 bits per heavy atom. The number of hydrogen-bond donors (Lipinski definition) is 3. The standard InChI is InChI=1S/C26H41NO8/c1-16(2)19(12-18-9-8-10-20(13-18)34-15-23(29)33-7)14-21(22(28)11-17(3)24(30)31)27-25(32)35-26(4,5)6/h8-10,13,16-17,19,21-22,28H,11-12,14-15H2,1-7H3,(H,27,32)(H,30,31)/t17-,19+,21+,22+/m1/s1. The van der Waals surface area contributed by atoms with Crippen molar-refractivity contribution in [3.63, 3.8) is 0 Å². The minimum Gasteiger partial charge on any atom is -0.482 e. The molecular formula is C26H41NO8. The molecule has 1 aromatic carbocycles. The van der Waals surface area contributed by atoms with E-state index in [4.69, 9.17) is 9.47 Å². The van der Waals surface area contributed by atoms with Crippen LogP contribution in [0.25, 0.3) is 0 Å². The minimum absolute atomic E-state index is 0.00251. The molecule has 0 heterocycles. The molecule has 1 aromatic rings. The maximum atomic E-state index is 12.5. The van der Waals surface area contributed by atoms with Crippen LogP contribution in [-0.2, 0) is 25.5 Å². The van der Waals surface area contributed by atoms with Crippen molar-refractivity contribution in [2.45, 2.75) is 78.6 Å². The lowest BCUT2D eigenvalue weighted by molar-refractivity contribution is -0.143. The van der Waals surface area contributed by atoms with Crippen LogP contribution in [0.2, 0.25) is 0 Å². The number of aliphatic hydroxyl groups is 1. The number of carboxylic acids is 1. The zero-order chi connectivity index (χ0) is 26.8. The Hall–Kier alpha value is -2.81.